The Morgan fingerprint density at radius 2 is 1.90 bits per heavy atom. The van der Waals surface area contributed by atoms with Crippen LogP contribution in [0.4, 0.5) is 5.69 Å². The van der Waals surface area contributed by atoms with Gasteiger partial charge in [-0.2, -0.15) is 0 Å². The highest BCUT2D eigenvalue weighted by Gasteiger charge is 2.19. The normalized spacial score (nSPS) is 11.5. The van der Waals surface area contributed by atoms with Crippen LogP contribution in [0.2, 0.25) is 0 Å². The van der Waals surface area contributed by atoms with E-state index in [1.807, 2.05) is 26.0 Å². The molecule has 0 aliphatic carbocycles. The highest BCUT2D eigenvalue weighted by molar-refractivity contribution is 7.92. The van der Waals surface area contributed by atoms with Gasteiger partial charge in [0.05, 0.1) is 18.5 Å². The number of hydrogen-bond donors (Lipinski definition) is 1. The van der Waals surface area contributed by atoms with Crippen LogP contribution in [-0.2, 0) is 14.8 Å². The zero-order valence-electron chi connectivity index (χ0n) is 13.3. The number of sulfonamides is 1. The molecule has 0 saturated carbocycles. The first-order valence-corrected chi connectivity index (χ1v) is 8.81. The summed E-state index contributed by atoms with van der Waals surface area (Å²) >= 11 is 0. The van der Waals surface area contributed by atoms with Crippen LogP contribution >= 0.6 is 0 Å². The Morgan fingerprint density at radius 1 is 1.29 bits per heavy atom. The van der Waals surface area contributed by atoms with Gasteiger partial charge in [-0.15, -0.1) is 0 Å². The lowest BCUT2D eigenvalue weighted by Crippen LogP contribution is -2.39. The van der Waals surface area contributed by atoms with E-state index >= 15 is 0 Å². The Balaban J connectivity index is 2.93. The molecule has 0 aliphatic heterocycles. The fraction of sp³-hybridized carbons (Fsp3) is 0.533. The zero-order valence-corrected chi connectivity index (χ0v) is 14.1. The maximum Gasteiger partial charge on any atom is 0.232 e. The molecule has 1 rings (SSSR count). The van der Waals surface area contributed by atoms with E-state index in [-0.39, 0.29) is 24.9 Å². The van der Waals surface area contributed by atoms with Crippen LogP contribution in [0.5, 0.6) is 0 Å². The molecule has 1 aromatic rings. The van der Waals surface area contributed by atoms with E-state index in [1.165, 1.54) is 10.6 Å². The summed E-state index contributed by atoms with van der Waals surface area (Å²) < 4.78 is 25.4. The van der Waals surface area contributed by atoms with Gasteiger partial charge < -0.3 is 5.32 Å². The fourth-order valence-electron chi connectivity index (χ4n) is 1.96. The highest BCUT2D eigenvalue weighted by atomic mass is 32.2. The van der Waals surface area contributed by atoms with E-state index in [1.54, 1.807) is 19.9 Å². The van der Waals surface area contributed by atoms with Crippen LogP contribution in [-0.4, -0.2) is 33.7 Å². The lowest BCUT2D eigenvalue weighted by Gasteiger charge is -2.25. The maximum absolute atomic E-state index is 12.0. The number of anilines is 1. The van der Waals surface area contributed by atoms with Gasteiger partial charge in [-0.1, -0.05) is 26.0 Å². The number of benzene rings is 1. The molecule has 1 aromatic carbocycles. The molecule has 21 heavy (non-hydrogen) atoms. The molecule has 118 valence electrons. The SMILES string of the molecule is Cc1cccc(N(CCNC(=O)C(C)C)S(C)(=O)=O)c1C. The molecule has 0 aliphatic rings. The smallest absolute Gasteiger partial charge is 0.232 e. The number of carbonyl (C=O) groups excluding carboxylic acids is 1. The Kier molecular flexibility index (Phi) is 5.78. The van der Waals surface area contributed by atoms with Gasteiger partial charge in [0, 0.05) is 12.5 Å². The van der Waals surface area contributed by atoms with Gasteiger partial charge in [0.25, 0.3) is 0 Å². The fourth-order valence-corrected chi connectivity index (χ4v) is 2.93. The second-order valence-corrected chi connectivity index (χ2v) is 7.41. The Bertz CT molecular complexity index is 609. The monoisotopic (exact) mass is 312 g/mol. The van der Waals surface area contributed by atoms with Crippen molar-refractivity contribution < 1.29 is 13.2 Å². The molecule has 0 unspecified atom stereocenters. The summed E-state index contributed by atoms with van der Waals surface area (Å²) in [4.78, 5) is 11.6. The predicted octanol–water partition coefficient (Wildman–Crippen LogP) is 1.84. The van der Waals surface area contributed by atoms with Gasteiger partial charge in [-0.25, -0.2) is 8.42 Å². The minimum Gasteiger partial charge on any atom is -0.354 e. The van der Waals surface area contributed by atoms with Crippen molar-refractivity contribution in [3.8, 4) is 0 Å². The number of hydrogen-bond acceptors (Lipinski definition) is 3. The number of nitrogens with zero attached hydrogens (tertiary/aromatic N) is 1. The molecule has 0 saturated heterocycles. The lowest BCUT2D eigenvalue weighted by molar-refractivity contribution is -0.123. The third kappa shape index (κ3) is 4.74. The van der Waals surface area contributed by atoms with E-state index in [0.717, 1.165) is 11.1 Å². The van der Waals surface area contributed by atoms with Gasteiger partial charge in [0.15, 0.2) is 0 Å². The summed E-state index contributed by atoms with van der Waals surface area (Å²) in [7, 11) is -3.39. The average Bonchev–Trinajstić information content (AvgIpc) is 2.37. The first-order chi connectivity index (χ1) is 9.64. The minimum atomic E-state index is -3.39. The third-order valence-electron chi connectivity index (χ3n) is 3.38. The Morgan fingerprint density at radius 3 is 2.43 bits per heavy atom. The van der Waals surface area contributed by atoms with Crippen molar-refractivity contribution in [3.63, 3.8) is 0 Å². The number of nitrogens with one attached hydrogen (secondary N) is 1. The summed E-state index contributed by atoms with van der Waals surface area (Å²) in [6.45, 7) is 7.96. The summed E-state index contributed by atoms with van der Waals surface area (Å²) in [5, 5.41) is 2.74. The lowest BCUT2D eigenvalue weighted by atomic mass is 10.1. The van der Waals surface area contributed by atoms with Crippen molar-refractivity contribution >= 4 is 21.6 Å². The van der Waals surface area contributed by atoms with Crippen molar-refractivity contribution in [2.45, 2.75) is 27.7 Å². The number of rotatable bonds is 6. The maximum atomic E-state index is 12.0. The van der Waals surface area contributed by atoms with Gasteiger partial charge in [-0.05, 0) is 31.0 Å². The van der Waals surface area contributed by atoms with Crippen molar-refractivity contribution in [1.29, 1.82) is 0 Å². The molecular weight excluding hydrogens is 288 g/mol. The van der Waals surface area contributed by atoms with E-state index in [9.17, 15) is 13.2 Å². The molecule has 0 bridgehead atoms. The molecule has 0 aromatic heterocycles. The average molecular weight is 312 g/mol. The van der Waals surface area contributed by atoms with Crippen LogP contribution in [0.1, 0.15) is 25.0 Å². The largest absolute Gasteiger partial charge is 0.354 e. The number of carbonyl (C=O) groups is 1. The summed E-state index contributed by atoms with van der Waals surface area (Å²) in [5.41, 5.74) is 2.63. The summed E-state index contributed by atoms with van der Waals surface area (Å²) in [6, 6.07) is 5.57. The molecule has 0 atom stereocenters. The summed E-state index contributed by atoms with van der Waals surface area (Å²) in [6.07, 6.45) is 1.18. The molecule has 5 nitrogen and oxygen atoms in total. The van der Waals surface area contributed by atoms with E-state index in [0.29, 0.717) is 5.69 Å². The van der Waals surface area contributed by atoms with Crippen LogP contribution in [0.15, 0.2) is 18.2 Å². The number of aryl methyl sites for hydroxylation is 1. The molecule has 0 fully saturated rings. The van der Waals surface area contributed by atoms with Crippen LogP contribution < -0.4 is 9.62 Å². The Hall–Kier alpha value is -1.56. The van der Waals surface area contributed by atoms with Crippen molar-refractivity contribution in [1.82, 2.24) is 5.32 Å². The van der Waals surface area contributed by atoms with Gasteiger partial charge in [0.2, 0.25) is 15.9 Å². The van der Waals surface area contributed by atoms with Gasteiger partial charge in [-0.3, -0.25) is 9.10 Å². The van der Waals surface area contributed by atoms with Crippen molar-refractivity contribution in [2.75, 3.05) is 23.7 Å². The molecule has 1 N–H and O–H groups in total. The molecular formula is C15H24N2O3S. The molecule has 1 amide bonds. The number of amides is 1. The van der Waals surface area contributed by atoms with Crippen molar-refractivity contribution in [2.24, 2.45) is 5.92 Å². The molecule has 0 heterocycles. The highest BCUT2D eigenvalue weighted by Crippen LogP contribution is 2.24. The van der Waals surface area contributed by atoms with Crippen molar-refractivity contribution in [3.05, 3.63) is 29.3 Å². The second-order valence-electron chi connectivity index (χ2n) is 5.50. The van der Waals surface area contributed by atoms with Crippen LogP contribution in [0.3, 0.4) is 0 Å². The van der Waals surface area contributed by atoms with Gasteiger partial charge in [0.1, 0.15) is 0 Å². The quantitative estimate of drug-likeness (QED) is 0.871. The van der Waals surface area contributed by atoms with Gasteiger partial charge >= 0.3 is 0 Å². The molecule has 0 spiro atoms. The standard InChI is InChI=1S/C15H24N2O3S/c1-11(2)15(18)16-9-10-17(21(5,19)20)14-8-6-7-12(3)13(14)4/h6-8,11H,9-10H2,1-5H3,(H,16,18). The first kappa shape index (κ1) is 17.5. The van der Waals surface area contributed by atoms with Crippen LogP contribution in [0, 0.1) is 19.8 Å². The first-order valence-electron chi connectivity index (χ1n) is 6.96. The summed E-state index contributed by atoms with van der Waals surface area (Å²) in [5.74, 6) is -0.193. The van der Waals surface area contributed by atoms with E-state index in [2.05, 4.69) is 5.32 Å². The third-order valence-corrected chi connectivity index (χ3v) is 4.56. The Labute approximate surface area is 127 Å². The predicted molar refractivity (Wildman–Crippen MR) is 86.0 cm³/mol. The zero-order chi connectivity index (χ0) is 16.2. The topological polar surface area (TPSA) is 66.5 Å². The van der Waals surface area contributed by atoms with Crippen LogP contribution in [0.25, 0.3) is 0 Å². The van der Waals surface area contributed by atoms with E-state index in [4.69, 9.17) is 0 Å². The molecule has 6 heteroatoms. The minimum absolute atomic E-state index is 0.0792. The second kappa shape index (κ2) is 6.93. The van der Waals surface area contributed by atoms with E-state index < -0.39 is 10.0 Å². The molecule has 0 radical (unpaired) electrons.